The van der Waals surface area contributed by atoms with Gasteiger partial charge in [-0.05, 0) is 18.6 Å². The van der Waals surface area contributed by atoms with Crippen molar-refractivity contribution in [2.24, 2.45) is 0 Å². The minimum Gasteiger partial charge on any atom is -0.424 e. The molecule has 2 aromatic carbocycles. The van der Waals surface area contributed by atoms with Crippen molar-refractivity contribution in [3.05, 3.63) is 64.4 Å². The topological polar surface area (TPSA) is 59.2 Å². The van der Waals surface area contributed by atoms with Crippen LogP contribution in [0.25, 0.3) is 22.0 Å². The van der Waals surface area contributed by atoms with E-state index in [1.807, 2.05) is 48.5 Å². The molecular formula is C18H15NO3S. The summed E-state index contributed by atoms with van der Waals surface area (Å²) in [6, 6.07) is 15.4. The van der Waals surface area contributed by atoms with E-state index in [1.165, 1.54) is 6.92 Å². The first-order valence-electron chi connectivity index (χ1n) is 7.09. The molecule has 0 fully saturated rings. The van der Waals surface area contributed by atoms with Gasteiger partial charge in [-0.15, -0.1) is 0 Å². The summed E-state index contributed by atoms with van der Waals surface area (Å²) >= 11 is 1.11. The predicted octanol–water partition coefficient (Wildman–Crippen LogP) is 4.05. The van der Waals surface area contributed by atoms with Crippen LogP contribution in [0, 0.1) is 0 Å². The number of ketones is 1. The summed E-state index contributed by atoms with van der Waals surface area (Å²) in [6.45, 7) is 1.37. The molecule has 0 radical (unpaired) electrons. The van der Waals surface area contributed by atoms with Crippen molar-refractivity contribution >= 4 is 28.7 Å². The number of carbonyl (C=O) groups is 1. The molecule has 0 atom stereocenters. The Morgan fingerprint density at radius 1 is 1.09 bits per heavy atom. The average Bonchev–Trinajstić information content (AvgIpc) is 2.55. The van der Waals surface area contributed by atoms with Crippen LogP contribution in [0.4, 0.5) is 0 Å². The molecule has 0 aliphatic carbocycles. The van der Waals surface area contributed by atoms with E-state index in [2.05, 4.69) is 4.98 Å². The van der Waals surface area contributed by atoms with Crippen molar-refractivity contribution in [1.29, 1.82) is 0 Å². The standard InChI is InChI=1S/C18H15NO3S/c1-11(20)15-17(22-23-2)14-10-6-9-13(16(14)19-18(15)21)12-7-4-3-5-8-12/h3-10H,1-2H3,(H,19,21). The zero-order valence-corrected chi connectivity index (χ0v) is 13.6. The molecule has 1 heterocycles. The fourth-order valence-electron chi connectivity index (χ4n) is 2.64. The summed E-state index contributed by atoms with van der Waals surface area (Å²) in [5, 5.41) is 0.713. The first-order valence-corrected chi connectivity index (χ1v) is 8.24. The van der Waals surface area contributed by atoms with Crippen molar-refractivity contribution in [2.45, 2.75) is 6.92 Å². The van der Waals surface area contributed by atoms with Crippen molar-refractivity contribution in [3.8, 4) is 16.9 Å². The highest BCUT2D eigenvalue weighted by Crippen LogP contribution is 2.34. The van der Waals surface area contributed by atoms with E-state index in [0.29, 0.717) is 16.7 Å². The molecule has 5 heteroatoms. The molecule has 0 amide bonds. The van der Waals surface area contributed by atoms with Gasteiger partial charge in [0.05, 0.1) is 17.6 Å². The lowest BCUT2D eigenvalue weighted by molar-refractivity contribution is 0.101. The zero-order chi connectivity index (χ0) is 16.4. The predicted molar refractivity (Wildman–Crippen MR) is 94.2 cm³/mol. The summed E-state index contributed by atoms with van der Waals surface area (Å²) in [7, 11) is 0. The first-order chi connectivity index (χ1) is 11.1. The van der Waals surface area contributed by atoms with Gasteiger partial charge in [-0.1, -0.05) is 42.5 Å². The van der Waals surface area contributed by atoms with E-state index in [0.717, 1.165) is 23.2 Å². The Balaban J connectivity index is 2.40. The van der Waals surface area contributed by atoms with Crippen molar-refractivity contribution in [2.75, 3.05) is 6.26 Å². The quantitative estimate of drug-likeness (QED) is 0.580. The van der Waals surface area contributed by atoms with Crippen LogP contribution in [0.5, 0.6) is 5.75 Å². The Hall–Kier alpha value is -2.53. The summed E-state index contributed by atoms with van der Waals surface area (Å²) in [5.74, 6) is 0.00356. The lowest BCUT2D eigenvalue weighted by Crippen LogP contribution is -2.17. The molecule has 0 unspecified atom stereocenters. The highest BCUT2D eigenvalue weighted by Gasteiger charge is 2.19. The van der Waals surface area contributed by atoms with E-state index in [4.69, 9.17) is 4.18 Å². The number of nitrogens with one attached hydrogen (secondary N) is 1. The smallest absolute Gasteiger partial charge is 0.263 e. The van der Waals surface area contributed by atoms with Gasteiger partial charge in [-0.3, -0.25) is 9.59 Å². The summed E-state index contributed by atoms with van der Waals surface area (Å²) in [4.78, 5) is 27.1. The Bertz CT molecular complexity index is 932. The van der Waals surface area contributed by atoms with Gasteiger partial charge in [-0.25, -0.2) is 0 Å². The monoisotopic (exact) mass is 325 g/mol. The van der Waals surface area contributed by atoms with Crippen LogP contribution in [0.15, 0.2) is 53.3 Å². The Kier molecular flexibility index (Phi) is 4.21. The molecular weight excluding hydrogens is 310 g/mol. The second-order valence-corrected chi connectivity index (χ2v) is 5.56. The van der Waals surface area contributed by atoms with Crippen molar-refractivity contribution in [3.63, 3.8) is 0 Å². The number of aromatic nitrogens is 1. The SMILES string of the molecule is CSOc1c(C(C)=O)c(=O)[nH]c2c(-c3ccccc3)cccc12. The molecule has 0 aliphatic rings. The maximum Gasteiger partial charge on any atom is 0.263 e. The van der Waals surface area contributed by atoms with Crippen LogP contribution >= 0.6 is 12.0 Å². The van der Waals surface area contributed by atoms with Crippen LogP contribution in [-0.2, 0) is 0 Å². The molecule has 0 bridgehead atoms. The fourth-order valence-corrected chi connectivity index (χ4v) is 2.98. The van der Waals surface area contributed by atoms with Crippen LogP contribution in [0.3, 0.4) is 0 Å². The highest BCUT2D eigenvalue weighted by molar-refractivity contribution is 7.94. The number of rotatable bonds is 4. The molecule has 0 saturated carbocycles. The molecule has 116 valence electrons. The van der Waals surface area contributed by atoms with Gasteiger partial charge in [-0.2, -0.15) is 0 Å². The Morgan fingerprint density at radius 2 is 1.83 bits per heavy atom. The number of benzene rings is 2. The van der Waals surface area contributed by atoms with Crippen molar-refractivity contribution < 1.29 is 8.98 Å². The molecule has 1 aromatic heterocycles. The molecule has 0 aliphatic heterocycles. The summed E-state index contributed by atoms with van der Waals surface area (Å²) in [6.07, 6.45) is 1.75. The lowest BCUT2D eigenvalue weighted by Gasteiger charge is -2.12. The van der Waals surface area contributed by atoms with Crippen LogP contribution < -0.4 is 9.74 Å². The van der Waals surface area contributed by atoms with Gasteiger partial charge < -0.3 is 9.17 Å². The van der Waals surface area contributed by atoms with E-state index < -0.39 is 5.56 Å². The second kappa shape index (κ2) is 6.30. The van der Waals surface area contributed by atoms with Crippen LogP contribution in [-0.4, -0.2) is 17.0 Å². The number of Topliss-reactive ketones (excluding diaryl/α,β-unsaturated/α-hetero) is 1. The molecule has 0 saturated heterocycles. The number of H-pyrrole nitrogens is 1. The number of fused-ring (bicyclic) bond motifs is 1. The van der Waals surface area contributed by atoms with E-state index >= 15 is 0 Å². The zero-order valence-electron chi connectivity index (χ0n) is 12.8. The van der Waals surface area contributed by atoms with Gasteiger partial charge in [0.25, 0.3) is 5.56 Å². The third kappa shape index (κ3) is 2.75. The number of para-hydroxylation sites is 1. The fraction of sp³-hybridized carbons (Fsp3) is 0.111. The third-order valence-corrected chi connectivity index (χ3v) is 3.94. The van der Waals surface area contributed by atoms with Gasteiger partial charge in [0.1, 0.15) is 5.56 Å². The number of hydrogen-bond acceptors (Lipinski definition) is 4. The molecule has 3 rings (SSSR count). The first kappa shape index (κ1) is 15.4. The third-order valence-electron chi connectivity index (χ3n) is 3.61. The summed E-state index contributed by atoms with van der Waals surface area (Å²) in [5.41, 5.74) is 2.16. The molecule has 3 aromatic rings. The molecule has 0 spiro atoms. The highest BCUT2D eigenvalue weighted by atomic mass is 32.2. The largest absolute Gasteiger partial charge is 0.424 e. The Labute approximate surface area is 137 Å². The molecule has 23 heavy (non-hydrogen) atoms. The van der Waals surface area contributed by atoms with Crippen molar-refractivity contribution in [1.82, 2.24) is 4.98 Å². The maximum atomic E-state index is 12.4. The number of hydrogen-bond donors (Lipinski definition) is 1. The number of aromatic amines is 1. The minimum absolute atomic E-state index is 0.0528. The maximum absolute atomic E-state index is 12.4. The van der Waals surface area contributed by atoms with Gasteiger partial charge in [0, 0.05) is 17.2 Å². The normalized spacial score (nSPS) is 10.7. The molecule has 4 nitrogen and oxygen atoms in total. The average molecular weight is 325 g/mol. The molecule has 1 N–H and O–H groups in total. The van der Waals surface area contributed by atoms with Gasteiger partial charge in [0.15, 0.2) is 11.5 Å². The van der Waals surface area contributed by atoms with Crippen LogP contribution in [0.2, 0.25) is 0 Å². The lowest BCUT2D eigenvalue weighted by atomic mass is 10.00. The van der Waals surface area contributed by atoms with Crippen LogP contribution in [0.1, 0.15) is 17.3 Å². The van der Waals surface area contributed by atoms with Gasteiger partial charge in [0.2, 0.25) is 0 Å². The van der Waals surface area contributed by atoms with E-state index in [9.17, 15) is 9.59 Å². The number of pyridine rings is 1. The second-order valence-electron chi connectivity index (χ2n) is 5.06. The van der Waals surface area contributed by atoms with Gasteiger partial charge >= 0.3 is 0 Å². The summed E-state index contributed by atoms with van der Waals surface area (Å²) < 4.78 is 5.56. The van der Waals surface area contributed by atoms with E-state index in [1.54, 1.807) is 6.26 Å². The number of carbonyl (C=O) groups excluding carboxylic acids is 1. The van der Waals surface area contributed by atoms with E-state index in [-0.39, 0.29) is 11.3 Å². The Morgan fingerprint density at radius 3 is 2.48 bits per heavy atom. The minimum atomic E-state index is -0.433.